The van der Waals surface area contributed by atoms with E-state index in [1.54, 1.807) is 0 Å². The summed E-state index contributed by atoms with van der Waals surface area (Å²) in [5, 5.41) is 0.772. The Morgan fingerprint density at radius 3 is 2.80 bits per heavy atom. The van der Waals surface area contributed by atoms with Crippen molar-refractivity contribution in [3.63, 3.8) is 0 Å². The Labute approximate surface area is 95.4 Å². The molecule has 0 bridgehead atoms. The zero-order valence-electron chi connectivity index (χ0n) is 8.92. The number of ketones is 1. The van der Waals surface area contributed by atoms with Crippen molar-refractivity contribution in [1.82, 2.24) is 0 Å². The molecule has 1 aromatic rings. The van der Waals surface area contributed by atoms with E-state index in [0.29, 0.717) is 18.1 Å². The molecule has 0 saturated heterocycles. The molecule has 1 aliphatic carbocycles. The summed E-state index contributed by atoms with van der Waals surface area (Å²) in [5.41, 5.74) is 2.14. The molecule has 0 aliphatic heterocycles. The summed E-state index contributed by atoms with van der Waals surface area (Å²) in [6.07, 6.45) is 3.81. The van der Waals surface area contributed by atoms with Crippen LogP contribution in [0.25, 0.3) is 0 Å². The second-order valence-electron chi connectivity index (χ2n) is 4.45. The van der Waals surface area contributed by atoms with Crippen molar-refractivity contribution in [2.45, 2.75) is 32.6 Å². The maximum atomic E-state index is 11.6. The predicted octanol–water partition coefficient (Wildman–Crippen LogP) is 3.56. The summed E-state index contributed by atoms with van der Waals surface area (Å²) in [5.74, 6) is 1.05. The lowest BCUT2D eigenvalue weighted by molar-refractivity contribution is -0.118. The highest BCUT2D eigenvalue weighted by molar-refractivity contribution is 6.31. The number of hydrogen-bond donors (Lipinski definition) is 0. The molecule has 0 radical (unpaired) electrons. The highest BCUT2D eigenvalue weighted by atomic mass is 35.5. The van der Waals surface area contributed by atoms with Crippen LogP contribution in [0, 0.1) is 12.8 Å². The Morgan fingerprint density at radius 2 is 2.20 bits per heavy atom. The van der Waals surface area contributed by atoms with Crippen molar-refractivity contribution in [2.24, 2.45) is 5.92 Å². The molecular weight excluding hydrogens is 208 g/mol. The third kappa shape index (κ3) is 3.07. The van der Waals surface area contributed by atoms with Crippen LogP contribution in [0.5, 0.6) is 0 Å². The number of hydrogen-bond acceptors (Lipinski definition) is 1. The van der Waals surface area contributed by atoms with Gasteiger partial charge in [0.2, 0.25) is 0 Å². The molecule has 0 atom stereocenters. The van der Waals surface area contributed by atoms with Gasteiger partial charge < -0.3 is 0 Å². The first-order chi connectivity index (χ1) is 7.15. The zero-order valence-corrected chi connectivity index (χ0v) is 9.68. The molecule has 2 heteroatoms. The van der Waals surface area contributed by atoms with E-state index in [0.717, 1.165) is 22.6 Å². The lowest BCUT2D eigenvalue weighted by Crippen LogP contribution is -2.03. The Bertz CT molecular complexity index is 380. The minimum absolute atomic E-state index is 0.360. The van der Waals surface area contributed by atoms with Gasteiger partial charge in [-0.3, -0.25) is 4.79 Å². The first-order valence-electron chi connectivity index (χ1n) is 5.42. The largest absolute Gasteiger partial charge is 0.299 e. The van der Waals surface area contributed by atoms with Crippen LogP contribution in [-0.2, 0) is 11.2 Å². The molecule has 1 aliphatic rings. The van der Waals surface area contributed by atoms with Crippen LogP contribution in [0.15, 0.2) is 18.2 Å². The number of halogens is 1. The summed E-state index contributed by atoms with van der Waals surface area (Å²) in [7, 11) is 0. The third-order valence-electron chi connectivity index (χ3n) is 2.84. The van der Waals surface area contributed by atoms with E-state index in [-0.39, 0.29) is 0 Å². The van der Waals surface area contributed by atoms with Gasteiger partial charge in [0.1, 0.15) is 5.78 Å². The Balaban J connectivity index is 1.97. The SMILES string of the molecule is Cc1cc(CC(=O)CC2CC2)ccc1Cl. The highest BCUT2D eigenvalue weighted by Crippen LogP contribution is 2.32. The van der Waals surface area contributed by atoms with E-state index in [9.17, 15) is 4.79 Å². The number of Topliss-reactive ketones (excluding diaryl/α,β-unsaturated/α-hetero) is 1. The van der Waals surface area contributed by atoms with Crippen molar-refractivity contribution < 1.29 is 4.79 Å². The molecule has 0 heterocycles. The van der Waals surface area contributed by atoms with Gasteiger partial charge in [-0.25, -0.2) is 0 Å². The molecule has 0 amide bonds. The number of carbonyl (C=O) groups is 1. The molecule has 2 rings (SSSR count). The van der Waals surface area contributed by atoms with Crippen LogP contribution in [0.2, 0.25) is 5.02 Å². The van der Waals surface area contributed by atoms with Gasteiger partial charge in [-0.15, -0.1) is 0 Å². The summed E-state index contributed by atoms with van der Waals surface area (Å²) in [4.78, 5) is 11.6. The van der Waals surface area contributed by atoms with Gasteiger partial charge in [-0.05, 0) is 42.9 Å². The van der Waals surface area contributed by atoms with Crippen LogP contribution >= 0.6 is 11.6 Å². The molecule has 15 heavy (non-hydrogen) atoms. The first kappa shape index (κ1) is 10.7. The fourth-order valence-corrected chi connectivity index (χ4v) is 1.88. The third-order valence-corrected chi connectivity index (χ3v) is 3.26. The Kier molecular flexibility index (Phi) is 3.11. The average Bonchev–Trinajstić information content (AvgIpc) is 2.95. The van der Waals surface area contributed by atoms with Gasteiger partial charge in [0.25, 0.3) is 0 Å². The normalized spacial score (nSPS) is 15.3. The molecule has 0 N–H and O–H groups in total. The lowest BCUT2D eigenvalue weighted by Gasteiger charge is -2.03. The standard InChI is InChI=1S/C13H15ClO/c1-9-6-11(4-5-13(9)14)8-12(15)7-10-2-3-10/h4-6,10H,2-3,7-8H2,1H3. The minimum atomic E-state index is 0.360. The fraction of sp³-hybridized carbons (Fsp3) is 0.462. The van der Waals surface area contributed by atoms with E-state index >= 15 is 0 Å². The van der Waals surface area contributed by atoms with Crippen molar-refractivity contribution >= 4 is 17.4 Å². The van der Waals surface area contributed by atoms with Gasteiger partial charge in [0, 0.05) is 17.9 Å². The smallest absolute Gasteiger partial charge is 0.137 e. The molecule has 80 valence electrons. The maximum absolute atomic E-state index is 11.6. The molecule has 1 nitrogen and oxygen atoms in total. The second kappa shape index (κ2) is 4.36. The molecule has 1 fully saturated rings. The van der Waals surface area contributed by atoms with E-state index < -0.39 is 0 Å². The second-order valence-corrected chi connectivity index (χ2v) is 4.85. The topological polar surface area (TPSA) is 17.1 Å². The van der Waals surface area contributed by atoms with Crippen molar-refractivity contribution in [1.29, 1.82) is 0 Å². The lowest BCUT2D eigenvalue weighted by atomic mass is 10.0. The highest BCUT2D eigenvalue weighted by Gasteiger charge is 2.24. The van der Waals surface area contributed by atoms with Crippen molar-refractivity contribution in [2.75, 3.05) is 0 Å². The quantitative estimate of drug-likeness (QED) is 0.762. The monoisotopic (exact) mass is 222 g/mol. The van der Waals surface area contributed by atoms with Crippen LogP contribution in [0.3, 0.4) is 0 Å². The first-order valence-corrected chi connectivity index (χ1v) is 5.79. The molecular formula is C13H15ClO. The number of benzene rings is 1. The Morgan fingerprint density at radius 1 is 1.47 bits per heavy atom. The summed E-state index contributed by atoms with van der Waals surface area (Å²) in [6, 6.07) is 5.82. The molecule has 0 spiro atoms. The number of carbonyl (C=O) groups excluding carboxylic acids is 1. The fourth-order valence-electron chi connectivity index (χ4n) is 1.76. The van der Waals surface area contributed by atoms with Crippen LogP contribution < -0.4 is 0 Å². The van der Waals surface area contributed by atoms with Gasteiger partial charge >= 0.3 is 0 Å². The van der Waals surface area contributed by atoms with E-state index in [2.05, 4.69) is 0 Å². The molecule has 1 aromatic carbocycles. The Hall–Kier alpha value is -0.820. The van der Waals surface area contributed by atoms with Gasteiger partial charge in [-0.1, -0.05) is 23.7 Å². The van der Waals surface area contributed by atoms with Gasteiger partial charge in [0.05, 0.1) is 0 Å². The zero-order chi connectivity index (χ0) is 10.8. The average molecular weight is 223 g/mol. The molecule has 1 saturated carbocycles. The van der Waals surface area contributed by atoms with Crippen LogP contribution in [0.4, 0.5) is 0 Å². The predicted molar refractivity (Wildman–Crippen MR) is 62.2 cm³/mol. The maximum Gasteiger partial charge on any atom is 0.137 e. The van der Waals surface area contributed by atoms with E-state index in [1.165, 1.54) is 12.8 Å². The van der Waals surface area contributed by atoms with Crippen molar-refractivity contribution in [3.05, 3.63) is 34.3 Å². The molecule has 0 unspecified atom stereocenters. The number of aryl methyl sites for hydroxylation is 1. The van der Waals surface area contributed by atoms with Crippen molar-refractivity contribution in [3.8, 4) is 0 Å². The van der Waals surface area contributed by atoms with E-state index in [4.69, 9.17) is 11.6 Å². The van der Waals surface area contributed by atoms with E-state index in [1.807, 2.05) is 25.1 Å². The van der Waals surface area contributed by atoms with Crippen LogP contribution in [0.1, 0.15) is 30.4 Å². The number of rotatable bonds is 4. The van der Waals surface area contributed by atoms with Gasteiger partial charge in [0.15, 0.2) is 0 Å². The van der Waals surface area contributed by atoms with Crippen LogP contribution in [-0.4, -0.2) is 5.78 Å². The summed E-state index contributed by atoms with van der Waals surface area (Å²) < 4.78 is 0. The summed E-state index contributed by atoms with van der Waals surface area (Å²) in [6.45, 7) is 1.97. The van der Waals surface area contributed by atoms with Gasteiger partial charge in [-0.2, -0.15) is 0 Å². The summed E-state index contributed by atoms with van der Waals surface area (Å²) >= 11 is 5.93. The minimum Gasteiger partial charge on any atom is -0.299 e. The molecule has 0 aromatic heterocycles.